The standard InChI is InChI=1S/C16H22N2O4/c1-11(2)7-9-22-12-6-8-18(10-12)15(19)13-4-3-5-14(17-13)16(20)21/h3-5,11-12H,6-10H2,1-2H3,(H,20,21). The number of nitrogens with zero attached hydrogens (tertiary/aromatic N) is 2. The van der Waals surface area contributed by atoms with Gasteiger partial charge in [-0.25, -0.2) is 9.78 Å². The van der Waals surface area contributed by atoms with E-state index in [9.17, 15) is 9.59 Å². The molecular formula is C16H22N2O4. The molecule has 0 aliphatic carbocycles. The first kappa shape index (κ1) is 16.4. The average Bonchev–Trinajstić information content (AvgIpc) is 2.95. The lowest BCUT2D eigenvalue weighted by molar-refractivity contribution is 0.0482. The number of hydrogen-bond donors (Lipinski definition) is 1. The fourth-order valence-electron chi connectivity index (χ4n) is 2.35. The number of carbonyl (C=O) groups excluding carboxylic acids is 1. The summed E-state index contributed by atoms with van der Waals surface area (Å²) in [6, 6.07) is 4.46. The van der Waals surface area contributed by atoms with Gasteiger partial charge < -0.3 is 14.7 Å². The minimum absolute atomic E-state index is 0.0605. The van der Waals surface area contributed by atoms with E-state index in [4.69, 9.17) is 9.84 Å². The monoisotopic (exact) mass is 306 g/mol. The van der Waals surface area contributed by atoms with Crippen LogP contribution in [0.3, 0.4) is 0 Å². The Morgan fingerprint density at radius 1 is 1.41 bits per heavy atom. The van der Waals surface area contributed by atoms with Crippen molar-refractivity contribution < 1.29 is 19.4 Å². The molecule has 1 aromatic rings. The first-order chi connectivity index (χ1) is 10.5. The van der Waals surface area contributed by atoms with Crippen molar-refractivity contribution in [2.75, 3.05) is 19.7 Å². The molecule has 0 bridgehead atoms. The quantitative estimate of drug-likeness (QED) is 0.870. The molecule has 1 unspecified atom stereocenters. The van der Waals surface area contributed by atoms with Crippen LogP contribution in [0.4, 0.5) is 0 Å². The normalized spacial score (nSPS) is 18.0. The van der Waals surface area contributed by atoms with E-state index in [0.717, 1.165) is 12.8 Å². The second-order valence-electron chi connectivity index (χ2n) is 5.93. The maximum Gasteiger partial charge on any atom is 0.354 e. The lowest BCUT2D eigenvalue weighted by Crippen LogP contribution is -2.31. The summed E-state index contributed by atoms with van der Waals surface area (Å²) in [5, 5.41) is 8.93. The van der Waals surface area contributed by atoms with Gasteiger partial charge in [-0.05, 0) is 30.9 Å². The smallest absolute Gasteiger partial charge is 0.354 e. The van der Waals surface area contributed by atoms with Gasteiger partial charge in [-0.2, -0.15) is 0 Å². The fourth-order valence-corrected chi connectivity index (χ4v) is 2.35. The number of likely N-dealkylation sites (tertiary alicyclic amines) is 1. The number of ether oxygens (including phenoxy) is 1. The van der Waals surface area contributed by atoms with E-state index in [1.165, 1.54) is 12.1 Å². The van der Waals surface area contributed by atoms with Crippen LogP contribution in [-0.4, -0.2) is 52.7 Å². The molecule has 22 heavy (non-hydrogen) atoms. The van der Waals surface area contributed by atoms with Gasteiger partial charge in [0, 0.05) is 19.7 Å². The minimum atomic E-state index is -1.13. The summed E-state index contributed by atoms with van der Waals surface area (Å²) >= 11 is 0. The number of rotatable bonds is 6. The Morgan fingerprint density at radius 3 is 2.82 bits per heavy atom. The lowest BCUT2D eigenvalue weighted by atomic mass is 10.1. The summed E-state index contributed by atoms with van der Waals surface area (Å²) in [6.45, 7) is 6.15. The highest BCUT2D eigenvalue weighted by molar-refractivity contribution is 5.94. The second-order valence-corrected chi connectivity index (χ2v) is 5.93. The van der Waals surface area contributed by atoms with Gasteiger partial charge in [0.15, 0.2) is 0 Å². The van der Waals surface area contributed by atoms with E-state index in [0.29, 0.717) is 25.6 Å². The molecule has 0 aromatic carbocycles. The van der Waals surface area contributed by atoms with Crippen molar-refractivity contribution in [3.8, 4) is 0 Å². The molecule has 1 aliphatic rings. The molecule has 1 amide bonds. The molecule has 1 fully saturated rings. The predicted molar refractivity (Wildman–Crippen MR) is 80.9 cm³/mol. The van der Waals surface area contributed by atoms with Gasteiger partial charge in [0.2, 0.25) is 0 Å². The Balaban J connectivity index is 1.91. The number of hydrogen-bond acceptors (Lipinski definition) is 4. The Labute approximate surface area is 130 Å². The maximum absolute atomic E-state index is 12.4. The van der Waals surface area contributed by atoms with Gasteiger partial charge in [0.05, 0.1) is 6.10 Å². The lowest BCUT2D eigenvalue weighted by Gasteiger charge is -2.17. The van der Waals surface area contributed by atoms with Crippen molar-refractivity contribution in [1.29, 1.82) is 0 Å². The number of aromatic carboxylic acids is 1. The molecule has 2 heterocycles. The van der Waals surface area contributed by atoms with Gasteiger partial charge in [-0.1, -0.05) is 19.9 Å². The van der Waals surface area contributed by atoms with Crippen LogP contribution < -0.4 is 0 Å². The molecule has 1 aromatic heterocycles. The van der Waals surface area contributed by atoms with Gasteiger partial charge >= 0.3 is 5.97 Å². The first-order valence-corrected chi connectivity index (χ1v) is 7.58. The highest BCUT2D eigenvalue weighted by Crippen LogP contribution is 2.16. The summed E-state index contributed by atoms with van der Waals surface area (Å²) in [4.78, 5) is 28.8. The largest absolute Gasteiger partial charge is 0.477 e. The third-order valence-corrected chi connectivity index (χ3v) is 3.67. The number of amides is 1. The number of aromatic nitrogens is 1. The zero-order valence-electron chi connectivity index (χ0n) is 13.0. The van der Waals surface area contributed by atoms with Gasteiger partial charge in [-0.3, -0.25) is 4.79 Å². The highest BCUT2D eigenvalue weighted by Gasteiger charge is 2.28. The molecule has 1 saturated heterocycles. The van der Waals surface area contributed by atoms with Crippen LogP contribution in [0.2, 0.25) is 0 Å². The van der Waals surface area contributed by atoms with E-state index < -0.39 is 5.97 Å². The van der Waals surface area contributed by atoms with Crippen molar-refractivity contribution >= 4 is 11.9 Å². The van der Waals surface area contributed by atoms with Crippen LogP contribution in [0.25, 0.3) is 0 Å². The van der Waals surface area contributed by atoms with E-state index in [1.807, 2.05) is 0 Å². The fraction of sp³-hybridized carbons (Fsp3) is 0.562. The van der Waals surface area contributed by atoms with Crippen LogP contribution >= 0.6 is 0 Å². The van der Waals surface area contributed by atoms with Gasteiger partial charge in [-0.15, -0.1) is 0 Å². The van der Waals surface area contributed by atoms with E-state index in [2.05, 4.69) is 18.8 Å². The van der Waals surface area contributed by atoms with Crippen molar-refractivity contribution in [3.63, 3.8) is 0 Å². The maximum atomic E-state index is 12.4. The zero-order chi connectivity index (χ0) is 16.1. The van der Waals surface area contributed by atoms with E-state index >= 15 is 0 Å². The van der Waals surface area contributed by atoms with Gasteiger partial charge in [0.1, 0.15) is 11.4 Å². The number of carboxylic acids is 1. The Kier molecular flexibility index (Phi) is 5.49. The van der Waals surface area contributed by atoms with Crippen LogP contribution in [0, 0.1) is 5.92 Å². The third kappa shape index (κ3) is 4.27. The molecule has 1 atom stereocenters. The molecule has 0 radical (unpaired) electrons. The van der Waals surface area contributed by atoms with Gasteiger partial charge in [0.25, 0.3) is 5.91 Å². The summed E-state index contributed by atoms with van der Waals surface area (Å²) < 4.78 is 5.78. The summed E-state index contributed by atoms with van der Waals surface area (Å²) in [7, 11) is 0. The predicted octanol–water partition coefficient (Wildman–Crippen LogP) is 2.06. The molecule has 0 saturated carbocycles. The summed E-state index contributed by atoms with van der Waals surface area (Å²) in [6.07, 6.45) is 1.88. The van der Waals surface area contributed by atoms with Crippen molar-refractivity contribution in [3.05, 3.63) is 29.6 Å². The number of carbonyl (C=O) groups is 2. The van der Waals surface area contributed by atoms with E-state index in [1.54, 1.807) is 11.0 Å². The Hall–Kier alpha value is -1.95. The van der Waals surface area contributed by atoms with Crippen molar-refractivity contribution in [1.82, 2.24) is 9.88 Å². The number of carboxylic acid groups (broad SMARTS) is 1. The van der Waals surface area contributed by atoms with Crippen LogP contribution in [0.1, 0.15) is 47.7 Å². The van der Waals surface area contributed by atoms with Crippen LogP contribution in [0.5, 0.6) is 0 Å². The second kappa shape index (κ2) is 7.35. The molecular weight excluding hydrogens is 284 g/mol. The zero-order valence-corrected chi connectivity index (χ0v) is 13.0. The summed E-state index contributed by atoms with van der Waals surface area (Å²) in [5.41, 5.74) is 0.0533. The number of pyridine rings is 1. The van der Waals surface area contributed by atoms with Crippen molar-refractivity contribution in [2.24, 2.45) is 5.92 Å². The van der Waals surface area contributed by atoms with Crippen molar-refractivity contribution in [2.45, 2.75) is 32.8 Å². The molecule has 120 valence electrons. The highest BCUT2D eigenvalue weighted by atomic mass is 16.5. The van der Waals surface area contributed by atoms with E-state index in [-0.39, 0.29) is 23.4 Å². The molecule has 0 spiro atoms. The third-order valence-electron chi connectivity index (χ3n) is 3.67. The SMILES string of the molecule is CC(C)CCOC1CCN(C(=O)c2cccc(C(=O)O)n2)C1. The van der Waals surface area contributed by atoms with Crippen LogP contribution in [-0.2, 0) is 4.74 Å². The molecule has 6 nitrogen and oxygen atoms in total. The molecule has 1 N–H and O–H groups in total. The minimum Gasteiger partial charge on any atom is -0.477 e. The Morgan fingerprint density at radius 2 is 2.14 bits per heavy atom. The molecule has 2 rings (SSSR count). The Bertz CT molecular complexity index is 545. The molecule has 6 heteroatoms. The van der Waals surface area contributed by atoms with Crippen LogP contribution in [0.15, 0.2) is 18.2 Å². The topological polar surface area (TPSA) is 79.7 Å². The first-order valence-electron chi connectivity index (χ1n) is 7.58. The molecule has 1 aliphatic heterocycles. The average molecular weight is 306 g/mol. The summed E-state index contributed by atoms with van der Waals surface area (Å²) in [5.74, 6) is -0.772.